The molecule has 1 aliphatic heterocycles. The maximum absolute atomic E-state index is 10.8. The molecule has 1 N–H and O–H groups in total. The van der Waals surface area contributed by atoms with E-state index in [1.165, 1.54) is 11.1 Å². The highest BCUT2D eigenvalue weighted by Gasteiger charge is 2.14. The molecule has 110 valence electrons. The number of ether oxygens (including phenoxy) is 1. The molecule has 1 aromatic carbocycles. The fraction of sp³-hybridized carbons (Fsp3) is 0.562. The number of hydrogen-bond donors (Lipinski definition) is 1. The van der Waals surface area contributed by atoms with Gasteiger partial charge in [0.1, 0.15) is 5.75 Å². The van der Waals surface area contributed by atoms with Crippen molar-refractivity contribution in [1.82, 2.24) is 4.90 Å². The molecule has 0 bridgehead atoms. The molecule has 0 saturated heterocycles. The molecule has 20 heavy (non-hydrogen) atoms. The summed E-state index contributed by atoms with van der Waals surface area (Å²) < 4.78 is 5.50. The lowest BCUT2D eigenvalue weighted by Gasteiger charge is -2.24. The van der Waals surface area contributed by atoms with Crippen LogP contribution in [0.25, 0.3) is 0 Å². The van der Waals surface area contributed by atoms with E-state index in [0.29, 0.717) is 0 Å². The third kappa shape index (κ3) is 3.97. The number of rotatable bonds is 7. The summed E-state index contributed by atoms with van der Waals surface area (Å²) in [5, 5.41) is 8.90. The molecule has 2 rings (SSSR count). The minimum Gasteiger partial charge on any atom is -0.493 e. The van der Waals surface area contributed by atoms with Gasteiger partial charge in [0, 0.05) is 12.5 Å². The Morgan fingerprint density at radius 3 is 2.95 bits per heavy atom. The lowest BCUT2D eigenvalue weighted by atomic mass is 10.0. The largest absolute Gasteiger partial charge is 0.493 e. The maximum atomic E-state index is 10.8. The highest BCUT2D eigenvalue weighted by atomic mass is 16.5. The summed E-state index contributed by atoms with van der Waals surface area (Å²) in [7, 11) is 0. The molecular weight excluding hydrogens is 254 g/mol. The van der Waals surface area contributed by atoms with Crippen LogP contribution >= 0.6 is 0 Å². The minimum absolute atomic E-state index is 0.121. The molecule has 1 heterocycles. The molecule has 0 radical (unpaired) electrons. The van der Waals surface area contributed by atoms with Gasteiger partial charge in [-0.3, -0.25) is 9.69 Å². The van der Waals surface area contributed by atoms with Crippen molar-refractivity contribution in [3.63, 3.8) is 0 Å². The Morgan fingerprint density at radius 1 is 1.45 bits per heavy atom. The van der Waals surface area contributed by atoms with Crippen LogP contribution in [0.2, 0.25) is 0 Å². The van der Waals surface area contributed by atoms with Crippen molar-refractivity contribution in [3.8, 4) is 5.75 Å². The smallest absolute Gasteiger partial charge is 0.317 e. The zero-order valence-corrected chi connectivity index (χ0v) is 12.3. The van der Waals surface area contributed by atoms with Gasteiger partial charge in [-0.25, -0.2) is 0 Å². The van der Waals surface area contributed by atoms with Crippen LogP contribution in [-0.4, -0.2) is 41.7 Å². The summed E-state index contributed by atoms with van der Waals surface area (Å²) in [6, 6.07) is 6.65. The number of carbonyl (C=O) groups is 1. The lowest BCUT2D eigenvalue weighted by Crippen LogP contribution is -2.36. The summed E-state index contributed by atoms with van der Waals surface area (Å²) >= 11 is 0. The molecule has 0 aromatic heterocycles. The summed E-state index contributed by atoms with van der Waals surface area (Å²) in [6.45, 7) is 5.80. The van der Waals surface area contributed by atoms with Crippen molar-refractivity contribution < 1.29 is 14.6 Å². The fourth-order valence-electron chi connectivity index (χ4n) is 2.58. The van der Waals surface area contributed by atoms with E-state index in [4.69, 9.17) is 9.84 Å². The Bertz CT molecular complexity index is 471. The van der Waals surface area contributed by atoms with E-state index in [1.807, 2.05) is 18.7 Å². The second-order valence-electron chi connectivity index (χ2n) is 5.60. The molecule has 4 nitrogen and oxygen atoms in total. The summed E-state index contributed by atoms with van der Waals surface area (Å²) in [5.74, 6) is 0.261. The Morgan fingerprint density at radius 2 is 2.25 bits per heavy atom. The fourth-order valence-corrected chi connectivity index (χ4v) is 2.58. The van der Waals surface area contributed by atoms with Gasteiger partial charge in [0.2, 0.25) is 0 Å². The Hall–Kier alpha value is -1.55. The number of hydrogen-bond acceptors (Lipinski definition) is 3. The highest BCUT2D eigenvalue weighted by molar-refractivity contribution is 5.69. The predicted octanol–water partition coefficient (Wildman–Crippen LogP) is 2.35. The van der Waals surface area contributed by atoms with Crippen LogP contribution in [0.4, 0.5) is 0 Å². The summed E-state index contributed by atoms with van der Waals surface area (Å²) in [6.07, 6.45) is 2.96. The van der Waals surface area contributed by atoms with Crippen molar-refractivity contribution in [1.29, 1.82) is 0 Å². The van der Waals surface area contributed by atoms with Crippen LogP contribution in [0.1, 0.15) is 31.4 Å². The monoisotopic (exact) mass is 277 g/mol. The molecule has 0 unspecified atom stereocenters. The van der Waals surface area contributed by atoms with Crippen molar-refractivity contribution >= 4 is 5.97 Å². The van der Waals surface area contributed by atoms with Crippen molar-refractivity contribution in [3.05, 3.63) is 29.3 Å². The van der Waals surface area contributed by atoms with Crippen LogP contribution in [0.3, 0.4) is 0 Å². The second kappa shape index (κ2) is 6.75. The molecule has 0 atom stereocenters. The van der Waals surface area contributed by atoms with Crippen LogP contribution in [0.15, 0.2) is 18.2 Å². The predicted molar refractivity (Wildman–Crippen MR) is 78.3 cm³/mol. The SMILES string of the molecule is CC(C)N(CCCc1ccc2c(c1)CCO2)CC(=O)O. The molecule has 1 aliphatic rings. The van der Waals surface area contributed by atoms with Gasteiger partial charge in [0.15, 0.2) is 0 Å². The van der Waals surface area contributed by atoms with Gasteiger partial charge in [-0.15, -0.1) is 0 Å². The zero-order valence-electron chi connectivity index (χ0n) is 12.3. The Labute approximate surface area is 120 Å². The molecule has 0 saturated carbocycles. The number of aryl methyl sites for hydroxylation is 1. The quantitative estimate of drug-likeness (QED) is 0.831. The minimum atomic E-state index is -0.756. The highest BCUT2D eigenvalue weighted by Crippen LogP contribution is 2.26. The molecule has 4 heteroatoms. The average Bonchev–Trinajstić information content (AvgIpc) is 2.84. The Kier molecular flexibility index (Phi) is 5.01. The van der Waals surface area contributed by atoms with Crippen LogP contribution < -0.4 is 4.74 Å². The zero-order chi connectivity index (χ0) is 14.5. The van der Waals surface area contributed by atoms with Gasteiger partial charge in [0.25, 0.3) is 0 Å². The number of fused-ring (bicyclic) bond motifs is 1. The second-order valence-corrected chi connectivity index (χ2v) is 5.60. The van der Waals surface area contributed by atoms with E-state index < -0.39 is 5.97 Å². The summed E-state index contributed by atoms with van der Waals surface area (Å²) in [5.41, 5.74) is 2.61. The third-order valence-corrected chi connectivity index (χ3v) is 3.73. The van der Waals surface area contributed by atoms with E-state index in [-0.39, 0.29) is 12.6 Å². The van der Waals surface area contributed by atoms with Crippen molar-refractivity contribution in [2.75, 3.05) is 19.7 Å². The van der Waals surface area contributed by atoms with E-state index in [9.17, 15) is 4.79 Å². The van der Waals surface area contributed by atoms with E-state index in [0.717, 1.165) is 38.2 Å². The van der Waals surface area contributed by atoms with Gasteiger partial charge < -0.3 is 9.84 Å². The molecule has 0 fully saturated rings. The standard InChI is InChI=1S/C16H23NO3/c1-12(2)17(11-16(18)19)8-3-4-13-5-6-15-14(10-13)7-9-20-15/h5-6,10,12H,3-4,7-9,11H2,1-2H3,(H,18,19). The molecule has 0 aliphatic carbocycles. The van der Waals surface area contributed by atoms with E-state index in [1.54, 1.807) is 0 Å². The molecular formula is C16H23NO3. The van der Waals surface area contributed by atoms with Gasteiger partial charge >= 0.3 is 5.97 Å². The maximum Gasteiger partial charge on any atom is 0.317 e. The first-order valence-corrected chi connectivity index (χ1v) is 7.26. The van der Waals surface area contributed by atoms with Gasteiger partial charge in [-0.1, -0.05) is 12.1 Å². The summed E-state index contributed by atoms with van der Waals surface area (Å²) in [4.78, 5) is 12.8. The van der Waals surface area contributed by atoms with Gasteiger partial charge in [-0.2, -0.15) is 0 Å². The number of carboxylic acid groups (broad SMARTS) is 1. The number of carboxylic acids is 1. The topological polar surface area (TPSA) is 49.8 Å². The van der Waals surface area contributed by atoms with Crippen molar-refractivity contribution in [2.45, 2.75) is 39.2 Å². The third-order valence-electron chi connectivity index (χ3n) is 3.73. The normalized spacial score (nSPS) is 13.6. The first-order valence-electron chi connectivity index (χ1n) is 7.26. The molecule has 0 amide bonds. The van der Waals surface area contributed by atoms with Crippen molar-refractivity contribution in [2.24, 2.45) is 0 Å². The Balaban J connectivity index is 1.84. The van der Waals surface area contributed by atoms with E-state index >= 15 is 0 Å². The van der Waals surface area contributed by atoms with Gasteiger partial charge in [0.05, 0.1) is 13.2 Å². The number of nitrogens with zero attached hydrogens (tertiary/aromatic N) is 1. The molecule has 1 aromatic rings. The first-order chi connectivity index (χ1) is 9.56. The van der Waals surface area contributed by atoms with E-state index in [2.05, 4.69) is 18.2 Å². The average molecular weight is 277 g/mol. The van der Waals surface area contributed by atoms with Crippen LogP contribution in [0, 0.1) is 0 Å². The number of benzene rings is 1. The lowest BCUT2D eigenvalue weighted by molar-refractivity contribution is -0.138. The number of aliphatic carboxylic acids is 1. The van der Waals surface area contributed by atoms with Crippen LogP contribution in [-0.2, 0) is 17.6 Å². The first kappa shape index (κ1) is 14.9. The molecule has 0 spiro atoms. The van der Waals surface area contributed by atoms with Crippen LogP contribution in [0.5, 0.6) is 5.75 Å². The van der Waals surface area contributed by atoms with Gasteiger partial charge in [-0.05, 0) is 50.4 Å².